The molecule has 2 heterocycles. The summed E-state index contributed by atoms with van der Waals surface area (Å²) in [4.78, 5) is 20.9. The number of nitrogens with two attached hydrogens (primary N) is 1. The zero-order valence-corrected chi connectivity index (χ0v) is 8.36. The van der Waals surface area contributed by atoms with Crippen LogP contribution in [0.15, 0.2) is 28.8 Å². The van der Waals surface area contributed by atoms with Crippen molar-refractivity contribution >= 4 is 11.8 Å². The van der Waals surface area contributed by atoms with Gasteiger partial charge in [-0.3, -0.25) is 14.9 Å². The van der Waals surface area contributed by atoms with Gasteiger partial charge in [0, 0.05) is 6.20 Å². The van der Waals surface area contributed by atoms with E-state index in [1.807, 2.05) is 0 Å². The first-order valence-corrected chi connectivity index (χ1v) is 4.45. The summed E-state index contributed by atoms with van der Waals surface area (Å²) in [5.74, 6) is -1.78. The molecule has 0 aliphatic carbocycles. The summed E-state index contributed by atoms with van der Waals surface area (Å²) in [6, 6.07) is 4.20. The Morgan fingerprint density at radius 2 is 2.29 bits per heavy atom. The molecule has 0 unspecified atom stereocenters. The summed E-state index contributed by atoms with van der Waals surface area (Å²) in [5.41, 5.74) is 5.49. The maximum absolute atomic E-state index is 11.1. The van der Waals surface area contributed by atoms with Crippen molar-refractivity contribution in [3.63, 3.8) is 0 Å². The Morgan fingerprint density at radius 3 is 2.82 bits per heavy atom. The van der Waals surface area contributed by atoms with Crippen LogP contribution in [0.1, 0.15) is 10.6 Å². The quantitative estimate of drug-likeness (QED) is 0.616. The first-order valence-electron chi connectivity index (χ1n) is 4.45. The summed E-state index contributed by atoms with van der Waals surface area (Å²) in [7, 11) is 0. The van der Waals surface area contributed by atoms with Crippen molar-refractivity contribution < 1.29 is 14.1 Å². The van der Waals surface area contributed by atoms with Crippen LogP contribution in [0.3, 0.4) is 0 Å². The third-order valence-electron chi connectivity index (χ3n) is 1.97. The van der Waals surface area contributed by atoms with Crippen LogP contribution in [0.2, 0.25) is 0 Å². The zero-order valence-electron chi connectivity index (χ0n) is 8.36. The molecule has 0 bridgehead atoms. The molecule has 2 aromatic heterocycles. The molecule has 2 rings (SSSR count). The van der Waals surface area contributed by atoms with Gasteiger partial charge in [0.05, 0.1) is 17.3 Å². The Morgan fingerprint density at radius 1 is 1.53 bits per heavy atom. The van der Waals surface area contributed by atoms with Crippen LogP contribution in [0.25, 0.3) is 11.3 Å². The highest BCUT2D eigenvalue weighted by molar-refractivity contribution is 5.97. The standard InChI is InChI=1S/C9H6N4O4/c10-9(14)8-5(4-7(17-8)13(15)16)6-2-1-3-11-12-6/h1-4H,(H2,10,14). The Hall–Kier alpha value is -2.77. The van der Waals surface area contributed by atoms with Gasteiger partial charge in [-0.1, -0.05) is 0 Å². The molecule has 0 spiro atoms. The maximum Gasteiger partial charge on any atom is 0.434 e. The zero-order chi connectivity index (χ0) is 12.4. The molecule has 0 aliphatic heterocycles. The normalized spacial score (nSPS) is 10.1. The number of rotatable bonds is 3. The number of carbonyl (C=O) groups excluding carboxylic acids is 1. The molecule has 1 amide bonds. The molecule has 0 aromatic carbocycles. The van der Waals surface area contributed by atoms with Crippen LogP contribution in [0.5, 0.6) is 0 Å². The summed E-state index contributed by atoms with van der Waals surface area (Å²) in [6.45, 7) is 0. The molecule has 0 saturated heterocycles. The minimum absolute atomic E-state index is 0.150. The van der Waals surface area contributed by atoms with E-state index in [-0.39, 0.29) is 17.0 Å². The van der Waals surface area contributed by atoms with Gasteiger partial charge in [-0.15, -0.1) is 0 Å². The predicted molar refractivity (Wildman–Crippen MR) is 54.9 cm³/mol. The SMILES string of the molecule is NC(=O)c1oc([N+](=O)[O-])cc1-c1cccnn1. The van der Waals surface area contributed by atoms with E-state index in [9.17, 15) is 14.9 Å². The van der Waals surface area contributed by atoms with Crippen LogP contribution < -0.4 is 5.73 Å². The van der Waals surface area contributed by atoms with Crippen molar-refractivity contribution in [1.29, 1.82) is 0 Å². The van der Waals surface area contributed by atoms with Gasteiger partial charge in [-0.25, -0.2) is 0 Å². The topological polar surface area (TPSA) is 125 Å². The van der Waals surface area contributed by atoms with Crippen molar-refractivity contribution in [2.24, 2.45) is 5.73 Å². The lowest BCUT2D eigenvalue weighted by Gasteiger charge is -1.95. The molecule has 0 fully saturated rings. The molecule has 0 radical (unpaired) electrons. The second kappa shape index (κ2) is 4.00. The van der Waals surface area contributed by atoms with Gasteiger partial charge in [-0.2, -0.15) is 10.2 Å². The number of carbonyl (C=O) groups is 1. The van der Waals surface area contributed by atoms with E-state index < -0.39 is 16.7 Å². The Balaban J connectivity index is 2.60. The third-order valence-corrected chi connectivity index (χ3v) is 1.97. The van der Waals surface area contributed by atoms with Gasteiger partial charge >= 0.3 is 5.88 Å². The summed E-state index contributed by atoms with van der Waals surface area (Å²) < 4.78 is 4.75. The number of amides is 1. The minimum Gasteiger partial charge on any atom is -0.395 e. The number of hydrogen-bond donors (Lipinski definition) is 1. The lowest BCUT2D eigenvalue weighted by atomic mass is 10.1. The minimum atomic E-state index is -0.904. The predicted octanol–water partition coefficient (Wildman–Crippen LogP) is 0.744. The fraction of sp³-hybridized carbons (Fsp3) is 0. The van der Waals surface area contributed by atoms with Crippen molar-refractivity contribution in [2.75, 3.05) is 0 Å². The fourth-order valence-electron chi connectivity index (χ4n) is 1.29. The number of hydrogen-bond acceptors (Lipinski definition) is 6. The number of nitro groups is 1. The number of aromatic nitrogens is 2. The van der Waals surface area contributed by atoms with Gasteiger partial charge in [0.1, 0.15) is 4.92 Å². The van der Waals surface area contributed by atoms with Crippen molar-refractivity contribution in [2.45, 2.75) is 0 Å². The fourth-order valence-corrected chi connectivity index (χ4v) is 1.29. The molecular weight excluding hydrogens is 228 g/mol. The summed E-state index contributed by atoms with van der Waals surface area (Å²) >= 11 is 0. The molecule has 2 aromatic rings. The van der Waals surface area contributed by atoms with Crippen molar-refractivity contribution in [3.8, 4) is 11.3 Å². The molecular formula is C9H6N4O4. The molecule has 8 nitrogen and oxygen atoms in total. The van der Waals surface area contributed by atoms with Crippen LogP contribution in [0.4, 0.5) is 5.88 Å². The molecule has 0 saturated carbocycles. The summed E-state index contributed by atoms with van der Waals surface area (Å²) in [6.07, 6.45) is 1.43. The summed E-state index contributed by atoms with van der Waals surface area (Å²) in [5, 5.41) is 17.9. The highest BCUT2D eigenvalue weighted by atomic mass is 16.6. The van der Waals surface area contributed by atoms with Gasteiger partial charge in [0.25, 0.3) is 5.91 Å². The van der Waals surface area contributed by atoms with E-state index in [1.54, 1.807) is 6.07 Å². The molecule has 0 atom stereocenters. The first-order chi connectivity index (χ1) is 8.09. The van der Waals surface area contributed by atoms with Crippen molar-refractivity contribution in [1.82, 2.24) is 10.2 Å². The highest BCUT2D eigenvalue weighted by Gasteiger charge is 2.24. The third kappa shape index (κ3) is 1.95. The monoisotopic (exact) mass is 234 g/mol. The molecule has 86 valence electrons. The lowest BCUT2D eigenvalue weighted by molar-refractivity contribution is -0.402. The first kappa shape index (κ1) is 10.7. The largest absolute Gasteiger partial charge is 0.434 e. The van der Waals surface area contributed by atoms with Gasteiger partial charge in [0.2, 0.25) is 5.76 Å². The van der Waals surface area contributed by atoms with Gasteiger partial charge in [0.15, 0.2) is 0 Å². The lowest BCUT2D eigenvalue weighted by Crippen LogP contribution is -2.11. The van der Waals surface area contributed by atoms with Crippen LogP contribution >= 0.6 is 0 Å². The second-order valence-corrected chi connectivity index (χ2v) is 3.06. The molecule has 17 heavy (non-hydrogen) atoms. The van der Waals surface area contributed by atoms with E-state index in [2.05, 4.69) is 10.2 Å². The smallest absolute Gasteiger partial charge is 0.395 e. The average Bonchev–Trinajstić information content (AvgIpc) is 2.75. The number of furan rings is 1. The van der Waals surface area contributed by atoms with E-state index in [4.69, 9.17) is 10.2 Å². The maximum atomic E-state index is 11.1. The molecule has 2 N–H and O–H groups in total. The van der Waals surface area contributed by atoms with Gasteiger partial charge < -0.3 is 10.2 Å². The number of primary amides is 1. The van der Waals surface area contributed by atoms with Crippen molar-refractivity contribution in [3.05, 3.63) is 40.3 Å². The van der Waals surface area contributed by atoms with E-state index in [0.29, 0.717) is 0 Å². The average molecular weight is 234 g/mol. The van der Waals surface area contributed by atoms with Crippen LogP contribution in [-0.2, 0) is 0 Å². The van der Waals surface area contributed by atoms with Crippen LogP contribution in [0, 0.1) is 10.1 Å². The van der Waals surface area contributed by atoms with Crippen LogP contribution in [-0.4, -0.2) is 21.0 Å². The number of nitrogens with zero attached hydrogens (tertiary/aromatic N) is 3. The van der Waals surface area contributed by atoms with E-state index in [0.717, 1.165) is 6.07 Å². The Bertz CT molecular complexity index is 578. The molecule has 0 aliphatic rings. The Labute approximate surface area is 94.2 Å². The molecule has 8 heteroatoms. The second-order valence-electron chi connectivity index (χ2n) is 3.06. The van der Waals surface area contributed by atoms with Gasteiger partial charge in [-0.05, 0) is 12.1 Å². The highest BCUT2D eigenvalue weighted by Crippen LogP contribution is 2.29. The van der Waals surface area contributed by atoms with E-state index >= 15 is 0 Å². The van der Waals surface area contributed by atoms with E-state index in [1.165, 1.54) is 12.3 Å². The Kier molecular flexibility index (Phi) is 2.53.